The first-order chi connectivity index (χ1) is 5.54. The quantitative estimate of drug-likeness (QED) is 0.565. The second-order valence-electron chi connectivity index (χ2n) is 2.81. The number of carboxylic acids is 1. The molecule has 1 fully saturated rings. The SMILES string of the molecule is O=C(O)CC[C@]1(O)CCOC1=O. The van der Waals surface area contributed by atoms with Gasteiger partial charge in [0.2, 0.25) is 0 Å². The summed E-state index contributed by atoms with van der Waals surface area (Å²) in [5.74, 6) is -1.73. The number of esters is 1. The van der Waals surface area contributed by atoms with Gasteiger partial charge in [0.15, 0.2) is 5.60 Å². The Balaban J connectivity index is 2.48. The third-order valence-electron chi connectivity index (χ3n) is 1.88. The van der Waals surface area contributed by atoms with Crippen LogP contribution in [-0.4, -0.2) is 34.4 Å². The standard InChI is InChI=1S/C7H10O5/c8-5(9)1-2-7(11)3-4-12-6(7)10/h11H,1-4H2,(H,8,9)/t7-/m0/s1. The first kappa shape index (κ1) is 8.99. The summed E-state index contributed by atoms with van der Waals surface area (Å²) < 4.78 is 4.52. The van der Waals surface area contributed by atoms with Gasteiger partial charge >= 0.3 is 11.9 Å². The summed E-state index contributed by atoms with van der Waals surface area (Å²) in [5, 5.41) is 17.8. The monoisotopic (exact) mass is 174 g/mol. The van der Waals surface area contributed by atoms with Gasteiger partial charge in [0.25, 0.3) is 0 Å². The summed E-state index contributed by atoms with van der Waals surface area (Å²) >= 11 is 0. The van der Waals surface area contributed by atoms with Crippen LogP contribution in [0.4, 0.5) is 0 Å². The molecule has 0 aromatic rings. The topological polar surface area (TPSA) is 83.8 Å². The Morgan fingerprint density at radius 3 is 2.75 bits per heavy atom. The number of aliphatic hydroxyl groups is 1. The van der Waals surface area contributed by atoms with E-state index in [1.165, 1.54) is 0 Å². The van der Waals surface area contributed by atoms with Gasteiger partial charge in [-0.15, -0.1) is 0 Å². The van der Waals surface area contributed by atoms with E-state index >= 15 is 0 Å². The minimum Gasteiger partial charge on any atom is -0.481 e. The van der Waals surface area contributed by atoms with Crippen molar-refractivity contribution in [1.29, 1.82) is 0 Å². The van der Waals surface area contributed by atoms with Gasteiger partial charge in [-0.05, 0) is 6.42 Å². The lowest BCUT2D eigenvalue weighted by molar-refractivity contribution is -0.154. The number of aliphatic carboxylic acids is 1. The number of ether oxygens (including phenoxy) is 1. The molecule has 0 aromatic carbocycles. The molecule has 0 radical (unpaired) electrons. The fourth-order valence-corrected chi connectivity index (χ4v) is 1.09. The number of carbonyl (C=O) groups excluding carboxylic acids is 1. The summed E-state index contributed by atoms with van der Waals surface area (Å²) in [6.07, 6.45) is -0.0914. The Morgan fingerprint density at radius 2 is 2.33 bits per heavy atom. The van der Waals surface area contributed by atoms with Crippen LogP contribution in [0.25, 0.3) is 0 Å². The van der Waals surface area contributed by atoms with Gasteiger partial charge in [-0.3, -0.25) is 4.79 Å². The van der Waals surface area contributed by atoms with Crippen molar-refractivity contribution in [3.63, 3.8) is 0 Å². The maximum absolute atomic E-state index is 10.8. The number of carboxylic acid groups (broad SMARTS) is 1. The van der Waals surface area contributed by atoms with Crippen molar-refractivity contribution in [2.45, 2.75) is 24.9 Å². The summed E-state index contributed by atoms with van der Waals surface area (Å²) in [6, 6.07) is 0. The van der Waals surface area contributed by atoms with E-state index in [-0.39, 0.29) is 25.9 Å². The van der Waals surface area contributed by atoms with Crippen molar-refractivity contribution in [2.75, 3.05) is 6.61 Å². The van der Waals surface area contributed by atoms with Gasteiger partial charge in [-0.25, -0.2) is 4.79 Å². The number of rotatable bonds is 3. The average molecular weight is 174 g/mol. The molecule has 5 nitrogen and oxygen atoms in total. The molecule has 1 atom stereocenters. The fraction of sp³-hybridized carbons (Fsp3) is 0.714. The lowest BCUT2D eigenvalue weighted by Crippen LogP contribution is -2.34. The maximum atomic E-state index is 10.8. The Morgan fingerprint density at radius 1 is 1.67 bits per heavy atom. The van der Waals surface area contributed by atoms with Crippen molar-refractivity contribution in [2.24, 2.45) is 0 Å². The summed E-state index contributed by atoms with van der Waals surface area (Å²) in [4.78, 5) is 21.0. The predicted molar refractivity (Wildman–Crippen MR) is 37.4 cm³/mol. The minimum absolute atomic E-state index is 0.0683. The second kappa shape index (κ2) is 3.10. The van der Waals surface area contributed by atoms with Crippen molar-refractivity contribution >= 4 is 11.9 Å². The third kappa shape index (κ3) is 1.73. The van der Waals surface area contributed by atoms with Gasteiger partial charge in [-0.1, -0.05) is 0 Å². The molecule has 0 aromatic heterocycles. The van der Waals surface area contributed by atoms with E-state index in [1.807, 2.05) is 0 Å². The van der Waals surface area contributed by atoms with Crippen LogP contribution in [0.2, 0.25) is 0 Å². The summed E-state index contributed by atoms with van der Waals surface area (Å²) in [7, 11) is 0. The van der Waals surface area contributed by atoms with E-state index < -0.39 is 17.5 Å². The Hall–Kier alpha value is -1.10. The van der Waals surface area contributed by atoms with Crippen molar-refractivity contribution in [3.8, 4) is 0 Å². The van der Waals surface area contributed by atoms with Crippen LogP contribution in [0.15, 0.2) is 0 Å². The zero-order valence-corrected chi connectivity index (χ0v) is 6.45. The molecule has 0 amide bonds. The summed E-state index contributed by atoms with van der Waals surface area (Å²) in [6.45, 7) is 0.176. The van der Waals surface area contributed by atoms with E-state index in [0.717, 1.165) is 0 Å². The molecule has 5 heteroatoms. The van der Waals surface area contributed by atoms with Crippen LogP contribution in [0.5, 0.6) is 0 Å². The van der Waals surface area contributed by atoms with E-state index in [2.05, 4.69) is 4.74 Å². The predicted octanol–water partition coefficient (Wildman–Crippen LogP) is -0.471. The van der Waals surface area contributed by atoms with E-state index in [1.54, 1.807) is 0 Å². The first-order valence-corrected chi connectivity index (χ1v) is 3.66. The second-order valence-corrected chi connectivity index (χ2v) is 2.81. The lowest BCUT2D eigenvalue weighted by atomic mass is 9.96. The van der Waals surface area contributed by atoms with Gasteiger partial charge in [-0.2, -0.15) is 0 Å². The Kier molecular flexibility index (Phi) is 2.32. The molecule has 1 rings (SSSR count). The highest BCUT2D eigenvalue weighted by molar-refractivity contribution is 5.81. The summed E-state index contributed by atoms with van der Waals surface area (Å²) in [5.41, 5.74) is -1.56. The van der Waals surface area contributed by atoms with Gasteiger partial charge in [0.05, 0.1) is 6.61 Å². The molecule has 1 saturated heterocycles. The molecule has 0 spiro atoms. The largest absolute Gasteiger partial charge is 0.481 e. The molecule has 0 unspecified atom stereocenters. The number of cyclic esters (lactones) is 1. The molecule has 12 heavy (non-hydrogen) atoms. The molecular formula is C7H10O5. The highest BCUT2D eigenvalue weighted by Crippen LogP contribution is 2.24. The molecule has 68 valence electrons. The average Bonchev–Trinajstić information content (AvgIpc) is 2.30. The number of carbonyl (C=O) groups is 2. The van der Waals surface area contributed by atoms with E-state index in [4.69, 9.17) is 5.11 Å². The molecule has 0 aliphatic carbocycles. The van der Waals surface area contributed by atoms with Gasteiger partial charge < -0.3 is 14.9 Å². The normalized spacial score (nSPS) is 28.6. The molecule has 1 heterocycles. The van der Waals surface area contributed by atoms with Crippen LogP contribution in [0, 0.1) is 0 Å². The van der Waals surface area contributed by atoms with Crippen molar-refractivity contribution in [1.82, 2.24) is 0 Å². The Bertz CT molecular complexity index is 212. The van der Waals surface area contributed by atoms with Gasteiger partial charge in [0.1, 0.15) is 0 Å². The third-order valence-corrected chi connectivity index (χ3v) is 1.88. The smallest absolute Gasteiger partial charge is 0.338 e. The van der Waals surface area contributed by atoms with Crippen LogP contribution >= 0.6 is 0 Å². The van der Waals surface area contributed by atoms with Crippen LogP contribution < -0.4 is 0 Å². The molecular weight excluding hydrogens is 164 g/mol. The lowest BCUT2D eigenvalue weighted by Gasteiger charge is -2.15. The maximum Gasteiger partial charge on any atom is 0.338 e. The van der Waals surface area contributed by atoms with Gasteiger partial charge in [0, 0.05) is 12.8 Å². The van der Waals surface area contributed by atoms with Crippen LogP contribution in [0.1, 0.15) is 19.3 Å². The molecule has 1 aliphatic rings. The molecule has 0 bridgehead atoms. The van der Waals surface area contributed by atoms with E-state index in [0.29, 0.717) is 0 Å². The van der Waals surface area contributed by atoms with Crippen LogP contribution in [0.3, 0.4) is 0 Å². The zero-order valence-electron chi connectivity index (χ0n) is 6.45. The highest BCUT2D eigenvalue weighted by Gasteiger charge is 2.42. The number of hydrogen-bond acceptors (Lipinski definition) is 4. The first-order valence-electron chi connectivity index (χ1n) is 3.66. The van der Waals surface area contributed by atoms with Crippen LogP contribution in [-0.2, 0) is 14.3 Å². The minimum atomic E-state index is -1.56. The molecule has 2 N–H and O–H groups in total. The highest BCUT2D eigenvalue weighted by atomic mass is 16.6. The number of hydrogen-bond donors (Lipinski definition) is 2. The van der Waals surface area contributed by atoms with Crippen molar-refractivity contribution < 1.29 is 24.5 Å². The van der Waals surface area contributed by atoms with E-state index in [9.17, 15) is 14.7 Å². The molecule has 0 saturated carbocycles. The zero-order chi connectivity index (χ0) is 9.19. The fourth-order valence-electron chi connectivity index (χ4n) is 1.09. The van der Waals surface area contributed by atoms with Crippen molar-refractivity contribution in [3.05, 3.63) is 0 Å². The Labute approximate surface area is 68.9 Å². The molecule has 1 aliphatic heterocycles.